The predicted octanol–water partition coefficient (Wildman–Crippen LogP) is -0.451. The Balaban J connectivity index is 2.15. The second kappa shape index (κ2) is 4.47. The number of aliphatic hydroxyl groups excluding tert-OH is 2. The van der Waals surface area contributed by atoms with E-state index in [1.165, 1.54) is 0 Å². The maximum atomic E-state index is 11.2. The van der Waals surface area contributed by atoms with Crippen molar-refractivity contribution in [3.05, 3.63) is 0 Å². The van der Waals surface area contributed by atoms with E-state index in [0.29, 0.717) is 5.33 Å². The minimum Gasteiger partial charge on any atom is -0.455 e. The van der Waals surface area contributed by atoms with Crippen molar-refractivity contribution >= 4 is 21.9 Å². The number of carbonyl (C=O) groups is 1. The van der Waals surface area contributed by atoms with Crippen LogP contribution < -0.4 is 0 Å². The van der Waals surface area contributed by atoms with Crippen LogP contribution in [0.2, 0.25) is 0 Å². The Kier molecular flexibility index (Phi) is 3.48. The molecule has 0 bridgehead atoms. The molecule has 6 nitrogen and oxygen atoms in total. The first-order valence-electron chi connectivity index (χ1n) is 5.34. The molecule has 0 spiro atoms. The van der Waals surface area contributed by atoms with E-state index in [9.17, 15) is 15.0 Å². The number of carbonyl (C=O) groups excluding carboxylic acids is 1. The lowest BCUT2D eigenvalue weighted by molar-refractivity contribution is -0.167. The summed E-state index contributed by atoms with van der Waals surface area (Å²) in [7, 11) is 0. The van der Waals surface area contributed by atoms with E-state index in [1.807, 2.05) is 0 Å². The number of esters is 1. The van der Waals surface area contributed by atoms with Crippen LogP contribution in [0.5, 0.6) is 0 Å². The Bertz CT molecular complexity index is 320. The summed E-state index contributed by atoms with van der Waals surface area (Å²) in [6, 6.07) is 0. The van der Waals surface area contributed by atoms with Crippen LogP contribution in [0.25, 0.3) is 0 Å². The van der Waals surface area contributed by atoms with Gasteiger partial charge >= 0.3 is 5.97 Å². The van der Waals surface area contributed by atoms with Crippen LogP contribution in [0.1, 0.15) is 13.8 Å². The van der Waals surface area contributed by atoms with E-state index in [4.69, 9.17) is 14.2 Å². The molecule has 17 heavy (non-hydrogen) atoms. The van der Waals surface area contributed by atoms with E-state index in [-0.39, 0.29) is 6.10 Å². The summed E-state index contributed by atoms with van der Waals surface area (Å²) in [6.45, 7) is 3.48. The van der Waals surface area contributed by atoms with Gasteiger partial charge in [-0.2, -0.15) is 0 Å². The first kappa shape index (κ1) is 13.2. The second-order valence-corrected chi connectivity index (χ2v) is 5.28. The van der Waals surface area contributed by atoms with Crippen molar-refractivity contribution in [2.24, 2.45) is 0 Å². The summed E-state index contributed by atoms with van der Waals surface area (Å²) in [4.78, 5) is 11.2. The number of cyclic esters (lactones) is 1. The van der Waals surface area contributed by atoms with E-state index in [2.05, 4.69) is 15.9 Å². The van der Waals surface area contributed by atoms with Gasteiger partial charge in [0.1, 0.15) is 18.3 Å². The smallest absolute Gasteiger partial charge is 0.338 e. The SMILES string of the molecule is CC1(C)O[C@H]([C@H]2OC(=O)[C@@H](O)[C@@H]2O)[C@@H](CBr)O1. The molecule has 2 saturated heterocycles. The van der Waals surface area contributed by atoms with E-state index >= 15 is 0 Å². The number of aliphatic hydroxyl groups is 2. The molecule has 0 aliphatic carbocycles. The van der Waals surface area contributed by atoms with Crippen molar-refractivity contribution in [1.82, 2.24) is 0 Å². The topological polar surface area (TPSA) is 85.2 Å². The second-order valence-electron chi connectivity index (χ2n) is 4.63. The molecule has 5 atom stereocenters. The molecule has 0 aromatic rings. The zero-order chi connectivity index (χ0) is 12.8. The molecule has 7 heteroatoms. The fourth-order valence-electron chi connectivity index (χ4n) is 2.11. The monoisotopic (exact) mass is 310 g/mol. The van der Waals surface area contributed by atoms with Crippen molar-refractivity contribution in [2.45, 2.75) is 50.2 Å². The number of ether oxygens (including phenoxy) is 3. The number of hydrogen-bond donors (Lipinski definition) is 2. The highest BCUT2D eigenvalue weighted by Crippen LogP contribution is 2.35. The molecular formula is C10H15BrO6. The van der Waals surface area contributed by atoms with Crippen LogP contribution in [-0.4, -0.2) is 57.8 Å². The molecule has 0 aromatic heterocycles. The third-order valence-electron chi connectivity index (χ3n) is 2.85. The summed E-state index contributed by atoms with van der Waals surface area (Å²) in [5.41, 5.74) is 0. The average Bonchev–Trinajstić information content (AvgIpc) is 2.70. The van der Waals surface area contributed by atoms with Crippen LogP contribution in [0.4, 0.5) is 0 Å². The van der Waals surface area contributed by atoms with Crippen molar-refractivity contribution in [2.75, 3.05) is 5.33 Å². The standard InChI is InChI=1S/C10H15BrO6/c1-10(2)16-4(3-11)7(17-10)8-5(12)6(13)9(14)15-8/h4-8,12-13H,3H2,1-2H3/t4-,5+,6+,7+,8+/m1/s1. The lowest BCUT2D eigenvalue weighted by Crippen LogP contribution is -2.44. The highest BCUT2D eigenvalue weighted by atomic mass is 79.9. The van der Waals surface area contributed by atoms with E-state index < -0.39 is 36.2 Å². The Hall–Kier alpha value is -0.210. The van der Waals surface area contributed by atoms with Crippen LogP contribution >= 0.6 is 15.9 Å². The van der Waals surface area contributed by atoms with Crippen LogP contribution in [0.3, 0.4) is 0 Å². The van der Waals surface area contributed by atoms with Gasteiger partial charge in [-0.3, -0.25) is 0 Å². The maximum Gasteiger partial charge on any atom is 0.338 e. The fraction of sp³-hybridized carbons (Fsp3) is 0.900. The summed E-state index contributed by atoms with van der Waals surface area (Å²) in [6.07, 6.45) is -4.64. The van der Waals surface area contributed by atoms with Gasteiger partial charge in [-0.25, -0.2) is 4.79 Å². The van der Waals surface area contributed by atoms with Gasteiger partial charge in [0.2, 0.25) is 0 Å². The quantitative estimate of drug-likeness (QED) is 0.531. The van der Waals surface area contributed by atoms with Crippen LogP contribution in [-0.2, 0) is 19.0 Å². The van der Waals surface area contributed by atoms with Crippen LogP contribution in [0, 0.1) is 0 Å². The molecule has 2 aliphatic rings. The Morgan fingerprint density at radius 2 is 1.94 bits per heavy atom. The van der Waals surface area contributed by atoms with Crippen molar-refractivity contribution in [3.8, 4) is 0 Å². The summed E-state index contributed by atoms with van der Waals surface area (Å²) in [5.74, 6) is -1.63. The minimum absolute atomic E-state index is 0.345. The van der Waals surface area contributed by atoms with Gasteiger partial charge in [-0.05, 0) is 13.8 Å². The zero-order valence-electron chi connectivity index (χ0n) is 9.50. The molecular weight excluding hydrogens is 296 g/mol. The normalized spacial score (nSPS) is 45.0. The van der Waals surface area contributed by atoms with Crippen LogP contribution in [0.15, 0.2) is 0 Å². The Morgan fingerprint density at radius 1 is 1.29 bits per heavy atom. The van der Waals surface area contributed by atoms with E-state index in [0.717, 1.165) is 0 Å². The molecule has 0 unspecified atom stereocenters. The first-order valence-corrected chi connectivity index (χ1v) is 6.46. The fourth-order valence-corrected chi connectivity index (χ4v) is 2.62. The predicted molar refractivity (Wildman–Crippen MR) is 59.5 cm³/mol. The summed E-state index contributed by atoms with van der Waals surface area (Å²) in [5, 5.41) is 19.6. The number of rotatable bonds is 2. The Labute approximate surface area is 107 Å². The largest absolute Gasteiger partial charge is 0.455 e. The third kappa shape index (κ3) is 2.34. The average molecular weight is 311 g/mol. The Morgan fingerprint density at radius 3 is 2.41 bits per heavy atom. The van der Waals surface area contributed by atoms with Gasteiger partial charge in [0.05, 0.1) is 0 Å². The van der Waals surface area contributed by atoms with Crippen molar-refractivity contribution in [1.29, 1.82) is 0 Å². The zero-order valence-corrected chi connectivity index (χ0v) is 11.1. The lowest BCUT2D eigenvalue weighted by Gasteiger charge is -2.23. The highest BCUT2D eigenvalue weighted by molar-refractivity contribution is 9.09. The molecule has 2 fully saturated rings. The molecule has 0 radical (unpaired) electrons. The van der Waals surface area contributed by atoms with Gasteiger partial charge < -0.3 is 24.4 Å². The van der Waals surface area contributed by atoms with Gasteiger partial charge in [0.25, 0.3) is 0 Å². The van der Waals surface area contributed by atoms with Gasteiger partial charge in [-0.1, -0.05) is 15.9 Å². The lowest BCUT2D eigenvalue weighted by atomic mass is 10.0. The number of hydrogen-bond acceptors (Lipinski definition) is 6. The molecule has 2 N–H and O–H groups in total. The minimum atomic E-state index is -1.51. The summed E-state index contributed by atoms with van der Waals surface area (Å²) < 4.78 is 16.1. The molecule has 2 aliphatic heterocycles. The van der Waals surface area contributed by atoms with E-state index in [1.54, 1.807) is 13.8 Å². The highest BCUT2D eigenvalue weighted by Gasteiger charge is 2.54. The molecule has 0 saturated carbocycles. The molecule has 0 aromatic carbocycles. The molecule has 98 valence electrons. The van der Waals surface area contributed by atoms with Gasteiger partial charge in [0, 0.05) is 5.33 Å². The van der Waals surface area contributed by atoms with Crippen molar-refractivity contribution < 1.29 is 29.2 Å². The first-order chi connectivity index (χ1) is 7.85. The maximum absolute atomic E-state index is 11.2. The number of alkyl halides is 1. The molecule has 2 heterocycles. The van der Waals surface area contributed by atoms with Crippen molar-refractivity contribution in [3.63, 3.8) is 0 Å². The molecule has 0 amide bonds. The van der Waals surface area contributed by atoms with Gasteiger partial charge in [-0.15, -0.1) is 0 Å². The number of halogens is 1. The summed E-state index contributed by atoms with van der Waals surface area (Å²) >= 11 is 3.28. The molecule has 2 rings (SSSR count). The van der Waals surface area contributed by atoms with Gasteiger partial charge in [0.15, 0.2) is 18.0 Å². The third-order valence-corrected chi connectivity index (χ3v) is 3.49.